The number of carbonyl (C=O) groups excluding carboxylic acids is 1. The van der Waals surface area contributed by atoms with Gasteiger partial charge in [0.05, 0.1) is 6.04 Å². The highest BCUT2D eigenvalue weighted by molar-refractivity contribution is 5.85. The van der Waals surface area contributed by atoms with E-state index in [1.54, 1.807) is 24.1 Å². The van der Waals surface area contributed by atoms with Crippen molar-refractivity contribution in [1.29, 1.82) is 0 Å². The summed E-state index contributed by atoms with van der Waals surface area (Å²) in [5, 5.41) is 1.12. The molecule has 0 aliphatic heterocycles. The van der Waals surface area contributed by atoms with Gasteiger partial charge < -0.3 is 9.30 Å². The SMILES string of the molecule is CN(C(=O)Oc1ccccc1)C(c1ccccc1)c1cn(C)c2ccccc12. The first-order valence-corrected chi connectivity index (χ1v) is 9.24. The van der Waals surface area contributed by atoms with Crippen LogP contribution >= 0.6 is 0 Å². The van der Waals surface area contributed by atoms with Crippen molar-refractivity contribution in [3.8, 4) is 5.75 Å². The van der Waals surface area contributed by atoms with E-state index < -0.39 is 6.09 Å². The summed E-state index contributed by atoms with van der Waals surface area (Å²) in [7, 11) is 3.81. The fourth-order valence-electron chi connectivity index (χ4n) is 3.60. The van der Waals surface area contributed by atoms with Gasteiger partial charge in [-0.05, 0) is 23.8 Å². The second kappa shape index (κ2) is 7.61. The number of fused-ring (bicyclic) bond motifs is 1. The number of carbonyl (C=O) groups is 1. The van der Waals surface area contributed by atoms with E-state index in [9.17, 15) is 4.79 Å². The number of rotatable bonds is 4. The number of amides is 1. The Kier molecular flexibility index (Phi) is 4.85. The molecule has 0 N–H and O–H groups in total. The molecule has 0 aliphatic carbocycles. The molecule has 4 rings (SSSR count). The maximum Gasteiger partial charge on any atom is 0.415 e. The number of hydrogen-bond donors (Lipinski definition) is 0. The van der Waals surface area contributed by atoms with Crippen LogP contribution in [0.1, 0.15) is 17.2 Å². The lowest BCUT2D eigenvalue weighted by Gasteiger charge is -2.28. The van der Waals surface area contributed by atoms with Gasteiger partial charge in [-0.15, -0.1) is 0 Å². The Morgan fingerprint density at radius 1 is 0.893 bits per heavy atom. The molecule has 1 amide bonds. The highest BCUT2D eigenvalue weighted by atomic mass is 16.6. The molecule has 0 radical (unpaired) electrons. The third-order valence-corrected chi connectivity index (χ3v) is 4.96. The first kappa shape index (κ1) is 17.9. The van der Waals surface area contributed by atoms with Gasteiger partial charge >= 0.3 is 6.09 Å². The molecule has 1 unspecified atom stereocenters. The minimum Gasteiger partial charge on any atom is -0.410 e. The minimum absolute atomic E-state index is 0.261. The highest BCUT2D eigenvalue weighted by Gasteiger charge is 2.27. The van der Waals surface area contributed by atoms with Gasteiger partial charge in [-0.2, -0.15) is 0 Å². The average Bonchev–Trinajstić information content (AvgIpc) is 3.06. The van der Waals surface area contributed by atoms with Crippen LogP contribution in [0.4, 0.5) is 4.79 Å². The number of aromatic nitrogens is 1. The largest absolute Gasteiger partial charge is 0.415 e. The van der Waals surface area contributed by atoms with Crippen molar-refractivity contribution in [2.24, 2.45) is 7.05 Å². The van der Waals surface area contributed by atoms with Crippen LogP contribution in [0.5, 0.6) is 5.75 Å². The Labute approximate surface area is 164 Å². The van der Waals surface area contributed by atoms with Crippen LogP contribution in [0.3, 0.4) is 0 Å². The van der Waals surface area contributed by atoms with E-state index in [4.69, 9.17) is 4.74 Å². The van der Waals surface area contributed by atoms with Gasteiger partial charge in [0.25, 0.3) is 0 Å². The van der Waals surface area contributed by atoms with Crippen LogP contribution in [0.25, 0.3) is 10.9 Å². The standard InChI is InChI=1S/C24H22N2O2/c1-25-17-21(20-15-9-10-16-22(20)25)23(18-11-5-3-6-12-18)26(2)24(27)28-19-13-7-4-8-14-19/h3-17,23H,1-2H3. The number of para-hydroxylation sites is 2. The molecule has 0 saturated heterocycles. The number of aryl methyl sites for hydroxylation is 1. The van der Waals surface area contributed by atoms with Crippen LogP contribution in [0, 0.1) is 0 Å². The fraction of sp³-hybridized carbons (Fsp3) is 0.125. The molecule has 1 aromatic heterocycles. The van der Waals surface area contributed by atoms with Gasteiger partial charge in [-0.1, -0.05) is 66.7 Å². The third kappa shape index (κ3) is 3.37. The Bertz CT molecular complexity index is 1090. The van der Waals surface area contributed by atoms with Crippen molar-refractivity contribution >= 4 is 17.0 Å². The summed E-state index contributed by atoms with van der Waals surface area (Å²) in [5.41, 5.74) is 3.23. The molecule has 3 aromatic carbocycles. The van der Waals surface area contributed by atoms with Crippen LogP contribution in [-0.2, 0) is 7.05 Å². The zero-order valence-electron chi connectivity index (χ0n) is 15.9. The average molecular weight is 370 g/mol. The molecule has 1 heterocycles. The van der Waals surface area contributed by atoms with Crippen LogP contribution in [0.15, 0.2) is 91.1 Å². The smallest absolute Gasteiger partial charge is 0.410 e. The predicted octanol–water partition coefficient (Wildman–Crippen LogP) is 5.40. The molecule has 0 fully saturated rings. The van der Waals surface area contributed by atoms with Crippen molar-refractivity contribution in [3.63, 3.8) is 0 Å². The molecule has 1 atom stereocenters. The number of hydrogen-bond acceptors (Lipinski definition) is 2. The fourth-order valence-corrected chi connectivity index (χ4v) is 3.60. The quantitative estimate of drug-likeness (QED) is 0.482. The van der Waals surface area contributed by atoms with Crippen LogP contribution in [0.2, 0.25) is 0 Å². The van der Waals surface area contributed by atoms with Crippen molar-refractivity contribution in [3.05, 3.63) is 102 Å². The normalized spacial score (nSPS) is 11.9. The van der Waals surface area contributed by atoms with Gasteiger partial charge in [-0.25, -0.2) is 4.79 Å². The molecule has 0 spiro atoms. The zero-order chi connectivity index (χ0) is 19.5. The predicted molar refractivity (Wildman–Crippen MR) is 111 cm³/mol. The minimum atomic E-state index is -0.395. The Morgan fingerprint density at radius 3 is 2.21 bits per heavy atom. The molecule has 0 aliphatic rings. The van der Waals surface area contributed by atoms with Gasteiger partial charge in [0, 0.05) is 36.8 Å². The Balaban J connectivity index is 1.77. The zero-order valence-corrected chi connectivity index (χ0v) is 15.9. The monoisotopic (exact) mass is 370 g/mol. The van der Waals surface area contributed by atoms with Gasteiger partial charge in [0.1, 0.15) is 5.75 Å². The summed E-state index contributed by atoms with van der Waals surface area (Å²) in [4.78, 5) is 14.6. The summed E-state index contributed by atoms with van der Waals surface area (Å²) in [5.74, 6) is 0.532. The maximum atomic E-state index is 12.9. The molecule has 0 saturated carbocycles. The van der Waals surface area contributed by atoms with E-state index in [-0.39, 0.29) is 6.04 Å². The molecule has 4 aromatic rings. The van der Waals surface area contributed by atoms with Gasteiger partial charge in [0.15, 0.2) is 0 Å². The van der Waals surface area contributed by atoms with E-state index in [0.717, 1.165) is 22.0 Å². The highest BCUT2D eigenvalue weighted by Crippen LogP contribution is 2.34. The van der Waals surface area contributed by atoms with Crippen molar-refractivity contribution in [2.75, 3.05) is 7.05 Å². The summed E-state index contributed by atoms with van der Waals surface area (Å²) in [6.07, 6.45) is 1.70. The molecule has 28 heavy (non-hydrogen) atoms. The van der Waals surface area contributed by atoms with Gasteiger partial charge in [-0.3, -0.25) is 4.90 Å². The molecule has 4 nitrogen and oxygen atoms in total. The number of ether oxygens (including phenoxy) is 1. The number of benzene rings is 3. The topological polar surface area (TPSA) is 34.5 Å². The molecule has 140 valence electrons. The lowest BCUT2D eigenvalue weighted by atomic mass is 9.97. The molecule has 4 heteroatoms. The molecular weight excluding hydrogens is 348 g/mol. The van der Waals surface area contributed by atoms with Crippen LogP contribution in [-0.4, -0.2) is 22.6 Å². The second-order valence-electron chi connectivity index (χ2n) is 6.82. The summed E-state index contributed by atoms with van der Waals surface area (Å²) in [6, 6.07) is 27.2. The van der Waals surface area contributed by atoms with Crippen molar-refractivity contribution < 1.29 is 9.53 Å². The second-order valence-corrected chi connectivity index (χ2v) is 6.82. The Hall–Kier alpha value is -3.53. The van der Waals surface area contributed by atoms with E-state index in [1.165, 1.54) is 0 Å². The third-order valence-electron chi connectivity index (χ3n) is 4.96. The lowest BCUT2D eigenvalue weighted by molar-refractivity contribution is 0.152. The van der Waals surface area contributed by atoms with E-state index in [0.29, 0.717) is 5.75 Å². The molecule has 0 bridgehead atoms. The lowest BCUT2D eigenvalue weighted by Crippen LogP contribution is -2.34. The number of nitrogens with zero attached hydrogens (tertiary/aromatic N) is 2. The Morgan fingerprint density at radius 2 is 1.50 bits per heavy atom. The van der Waals surface area contributed by atoms with Crippen LogP contribution < -0.4 is 4.74 Å². The summed E-state index contributed by atoms with van der Waals surface area (Å²) >= 11 is 0. The van der Waals surface area contributed by atoms with E-state index in [1.807, 2.05) is 67.7 Å². The van der Waals surface area contributed by atoms with Crippen molar-refractivity contribution in [2.45, 2.75) is 6.04 Å². The van der Waals surface area contributed by atoms with Gasteiger partial charge in [0.2, 0.25) is 0 Å². The van der Waals surface area contributed by atoms with E-state index >= 15 is 0 Å². The molecular formula is C24H22N2O2. The summed E-state index contributed by atoms with van der Waals surface area (Å²) < 4.78 is 7.69. The van der Waals surface area contributed by atoms with Crippen molar-refractivity contribution in [1.82, 2.24) is 9.47 Å². The maximum absolute atomic E-state index is 12.9. The van der Waals surface area contributed by atoms with E-state index in [2.05, 4.69) is 22.9 Å². The summed E-state index contributed by atoms with van der Waals surface area (Å²) in [6.45, 7) is 0. The first-order valence-electron chi connectivity index (χ1n) is 9.24. The first-order chi connectivity index (χ1) is 13.6.